The first-order valence-corrected chi connectivity index (χ1v) is 7.44. The van der Waals surface area contributed by atoms with Crippen LogP contribution in [0.25, 0.3) is 0 Å². The van der Waals surface area contributed by atoms with Gasteiger partial charge in [0, 0.05) is 25.6 Å². The van der Waals surface area contributed by atoms with E-state index in [1.165, 1.54) is 12.1 Å². The van der Waals surface area contributed by atoms with Crippen molar-refractivity contribution in [3.8, 4) is 0 Å². The molecule has 1 aliphatic heterocycles. The zero-order valence-corrected chi connectivity index (χ0v) is 12.2. The van der Waals surface area contributed by atoms with Crippen LogP contribution >= 0.6 is 0 Å². The van der Waals surface area contributed by atoms with Crippen LogP contribution in [0.2, 0.25) is 0 Å². The molecule has 4 heteroatoms. The third-order valence-electron chi connectivity index (χ3n) is 4.09. The summed E-state index contributed by atoms with van der Waals surface area (Å²) in [5, 5.41) is 3.30. The quantitative estimate of drug-likeness (QED) is 0.918. The third kappa shape index (κ3) is 3.18. The number of benzene rings is 1. The highest BCUT2D eigenvalue weighted by Gasteiger charge is 2.30. The Hall–Kier alpha value is -1.42. The Labute approximate surface area is 120 Å². The van der Waals surface area contributed by atoms with Crippen molar-refractivity contribution in [2.75, 3.05) is 19.6 Å². The average molecular weight is 278 g/mol. The predicted molar refractivity (Wildman–Crippen MR) is 77.8 cm³/mol. The van der Waals surface area contributed by atoms with E-state index in [9.17, 15) is 9.18 Å². The summed E-state index contributed by atoms with van der Waals surface area (Å²) in [6, 6.07) is 6.51. The number of piperazine rings is 1. The van der Waals surface area contributed by atoms with Crippen LogP contribution in [0.5, 0.6) is 0 Å². The third-order valence-corrected chi connectivity index (χ3v) is 4.09. The highest BCUT2D eigenvalue weighted by Crippen LogP contribution is 2.26. The lowest BCUT2D eigenvalue weighted by Gasteiger charge is -2.38. The Morgan fingerprint density at radius 1 is 1.45 bits per heavy atom. The van der Waals surface area contributed by atoms with Crippen LogP contribution in [-0.4, -0.2) is 30.4 Å². The summed E-state index contributed by atoms with van der Waals surface area (Å²) in [6.07, 6.45) is 1.71. The Kier molecular flexibility index (Phi) is 5.12. The number of nitrogens with one attached hydrogen (secondary N) is 1. The summed E-state index contributed by atoms with van der Waals surface area (Å²) in [4.78, 5) is 14.6. The number of hydrogen-bond acceptors (Lipinski definition) is 2. The van der Waals surface area contributed by atoms with Crippen LogP contribution in [0.4, 0.5) is 4.39 Å². The van der Waals surface area contributed by atoms with Crippen molar-refractivity contribution < 1.29 is 9.18 Å². The number of rotatable bonds is 4. The minimum absolute atomic E-state index is 0.0625. The smallest absolute Gasteiger partial charge is 0.226 e. The molecule has 2 rings (SSSR count). The van der Waals surface area contributed by atoms with E-state index in [1.807, 2.05) is 24.8 Å². The molecule has 0 saturated carbocycles. The van der Waals surface area contributed by atoms with Gasteiger partial charge in [0.25, 0.3) is 0 Å². The van der Waals surface area contributed by atoms with Crippen molar-refractivity contribution in [1.29, 1.82) is 0 Å². The Bertz CT molecular complexity index is 460. The molecule has 1 aliphatic rings. The fraction of sp³-hybridized carbons (Fsp3) is 0.562. The van der Waals surface area contributed by atoms with Gasteiger partial charge in [-0.1, -0.05) is 26.0 Å². The fourth-order valence-electron chi connectivity index (χ4n) is 2.85. The summed E-state index contributed by atoms with van der Waals surface area (Å²) in [7, 11) is 0. The second-order valence-corrected chi connectivity index (χ2v) is 5.32. The molecule has 20 heavy (non-hydrogen) atoms. The van der Waals surface area contributed by atoms with E-state index in [4.69, 9.17) is 0 Å². The van der Waals surface area contributed by atoms with E-state index in [0.29, 0.717) is 13.1 Å². The molecule has 0 spiro atoms. The van der Waals surface area contributed by atoms with Gasteiger partial charge in [0.05, 0.1) is 6.04 Å². The summed E-state index contributed by atoms with van der Waals surface area (Å²) in [5.74, 6) is 0.0259. The van der Waals surface area contributed by atoms with Crippen molar-refractivity contribution in [3.05, 3.63) is 35.6 Å². The van der Waals surface area contributed by atoms with Gasteiger partial charge in [-0.05, 0) is 30.5 Å². The lowest BCUT2D eigenvalue weighted by atomic mass is 9.97. The number of hydrogen-bond donors (Lipinski definition) is 1. The van der Waals surface area contributed by atoms with Crippen LogP contribution < -0.4 is 5.32 Å². The normalized spacial score (nSPS) is 19.4. The molecule has 3 nitrogen and oxygen atoms in total. The molecular weight excluding hydrogens is 255 g/mol. The fourth-order valence-corrected chi connectivity index (χ4v) is 2.85. The van der Waals surface area contributed by atoms with E-state index in [-0.39, 0.29) is 23.7 Å². The summed E-state index contributed by atoms with van der Waals surface area (Å²) in [6.45, 7) is 6.28. The highest BCUT2D eigenvalue weighted by molar-refractivity contribution is 5.79. The van der Waals surface area contributed by atoms with E-state index >= 15 is 0 Å². The van der Waals surface area contributed by atoms with E-state index in [0.717, 1.165) is 24.9 Å². The van der Waals surface area contributed by atoms with Gasteiger partial charge in [-0.2, -0.15) is 0 Å². The van der Waals surface area contributed by atoms with Crippen LogP contribution in [0.1, 0.15) is 38.3 Å². The zero-order chi connectivity index (χ0) is 14.5. The molecule has 0 aliphatic carbocycles. The molecule has 1 atom stereocenters. The molecule has 1 aromatic carbocycles. The van der Waals surface area contributed by atoms with Crippen molar-refractivity contribution >= 4 is 5.91 Å². The molecule has 1 amide bonds. The average Bonchev–Trinajstić information content (AvgIpc) is 2.48. The topological polar surface area (TPSA) is 32.3 Å². The standard InChI is InChI=1S/C16H23FN2O/c1-3-12(4-2)16(20)19-9-8-18-11-15(19)13-6-5-7-14(17)10-13/h5-7,10,12,15,18H,3-4,8-9,11H2,1-2H3. The lowest BCUT2D eigenvalue weighted by molar-refractivity contribution is -0.139. The summed E-state index contributed by atoms with van der Waals surface area (Å²) in [5.41, 5.74) is 0.872. The van der Waals surface area contributed by atoms with E-state index in [2.05, 4.69) is 5.32 Å². The molecule has 0 aromatic heterocycles. The van der Waals surface area contributed by atoms with Gasteiger partial charge in [0.2, 0.25) is 5.91 Å². The van der Waals surface area contributed by atoms with Crippen LogP contribution in [0, 0.1) is 11.7 Å². The van der Waals surface area contributed by atoms with Crippen LogP contribution in [0.3, 0.4) is 0 Å². The second-order valence-electron chi connectivity index (χ2n) is 5.32. The van der Waals surface area contributed by atoms with Gasteiger partial charge >= 0.3 is 0 Å². The predicted octanol–water partition coefficient (Wildman–Crippen LogP) is 2.73. The maximum absolute atomic E-state index is 13.4. The van der Waals surface area contributed by atoms with Crippen molar-refractivity contribution in [2.24, 2.45) is 5.92 Å². The minimum atomic E-state index is -0.247. The van der Waals surface area contributed by atoms with Gasteiger partial charge in [0.1, 0.15) is 5.82 Å². The molecule has 1 N–H and O–H groups in total. The zero-order valence-electron chi connectivity index (χ0n) is 12.2. The Morgan fingerprint density at radius 2 is 2.20 bits per heavy atom. The van der Waals surface area contributed by atoms with Gasteiger partial charge in [-0.3, -0.25) is 4.79 Å². The van der Waals surface area contributed by atoms with E-state index < -0.39 is 0 Å². The molecule has 0 bridgehead atoms. The minimum Gasteiger partial charge on any atom is -0.333 e. The maximum atomic E-state index is 13.4. The Balaban J connectivity index is 2.23. The molecule has 1 fully saturated rings. The van der Waals surface area contributed by atoms with Crippen LogP contribution in [0.15, 0.2) is 24.3 Å². The first kappa shape index (κ1) is 15.0. The SMILES string of the molecule is CCC(CC)C(=O)N1CCNCC1c1cccc(F)c1. The molecule has 1 aromatic rings. The number of carbonyl (C=O) groups is 1. The largest absolute Gasteiger partial charge is 0.333 e. The Morgan fingerprint density at radius 3 is 2.85 bits per heavy atom. The highest BCUT2D eigenvalue weighted by atomic mass is 19.1. The van der Waals surface area contributed by atoms with Gasteiger partial charge < -0.3 is 10.2 Å². The maximum Gasteiger partial charge on any atom is 0.226 e. The van der Waals surface area contributed by atoms with Gasteiger partial charge in [-0.15, -0.1) is 0 Å². The number of carbonyl (C=O) groups excluding carboxylic acids is 1. The lowest BCUT2D eigenvalue weighted by Crippen LogP contribution is -2.50. The van der Waals surface area contributed by atoms with Gasteiger partial charge in [-0.25, -0.2) is 4.39 Å². The number of amides is 1. The summed E-state index contributed by atoms with van der Waals surface area (Å²) < 4.78 is 13.4. The molecular formula is C16H23FN2O. The number of nitrogens with zero attached hydrogens (tertiary/aromatic N) is 1. The molecule has 1 saturated heterocycles. The van der Waals surface area contributed by atoms with Crippen molar-refractivity contribution in [3.63, 3.8) is 0 Å². The molecule has 1 unspecified atom stereocenters. The van der Waals surface area contributed by atoms with Crippen molar-refractivity contribution in [2.45, 2.75) is 32.7 Å². The molecule has 1 heterocycles. The van der Waals surface area contributed by atoms with E-state index in [1.54, 1.807) is 6.07 Å². The monoisotopic (exact) mass is 278 g/mol. The molecule has 110 valence electrons. The van der Waals surface area contributed by atoms with Gasteiger partial charge in [0.15, 0.2) is 0 Å². The first-order valence-electron chi connectivity index (χ1n) is 7.44. The summed E-state index contributed by atoms with van der Waals surface area (Å²) >= 11 is 0. The first-order chi connectivity index (χ1) is 9.67. The molecule has 0 radical (unpaired) electrons. The van der Waals surface area contributed by atoms with Crippen LogP contribution in [-0.2, 0) is 4.79 Å². The second kappa shape index (κ2) is 6.84. The number of halogens is 1. The van der Waals surface area contributed by atoms with Crippen molar-refractivity contribution in [1.82, 2.24) is 10.2 Å².